The molecule has 2 nitrogen and oxygen atoms in total. The number of hydrogen-bond acceptors (Lipinski definition) is 1. The number of hydrogen-bond donors (Lipinski definition) is 0. The molecule has 0 aromatic carbocycles. The van der Waals surface area contributed by atoms with Crippen LogP contribution in [-0.2, 0) is 0 Å². The predicted molar refractivity (Wildman–Crippen MR) is 58.4 cm³/mol. The molecule has 0 radical (unpaired) electrons. The molecule has 72 valence electrons. The van der Waals surface area contributed by atoms with Crippen LogP contribution in [0.1, 0.15) is 19.4 Å². The summed E-state index contributed by atoms with van der Waals surface area (Å²) in [4.78, 5) is 4.09. The van der Waals surface area contributed by atoms with Gasteiger partial charge in [-0.1, -0.05) is 20.4 Å². The average Bonchev–Trinajstić information content (AvgIpc) is 2.20. The van der Waals surface area contributed by atoms with Crippen molar-refractivity contribution in [1.82, 2.24) is 4.57 Å². The first-order valence-corrected chi connectivity index (χ1v) is 4.52. The third-order valence-electron chi connectivity index (χ3n) is 1.55. The largest absolute Gasteiger partial charge is 0.310 e. The minimum Gasteiger partial charge on any atom is -0.310 e. The number of rotatable bonds is 1. The third kappa shape index (κ3) is 3.28. The maximum atomic E-state index is 4.09. The lowest BCUT2D eigenvalue weighted by Gasteiger charge is -1.99. The van der Waals surface area contributed by atoms with E-state index in [0.29, 0.717) is 0 Å². The fourth-order valence-electron chi connectivity index (χ4n) is 0.935. The highest BCUT2D eigenvalue weighted by Crippen LogP contribution is 1.90. The van der Waals surface area contributed by atoms with Gasteiger partial charge in [-0.3, -0.25) is 4.99 Å². The van der Waals surface area contributed by atoms with Gasteiger partial charge < -0.3 is 4.57 Å². The van der Waals surface area contributed by atoms with Gasteiger partial charge in [0.1, 0.15) is 5.49 Å². The Morgan fingerprint density at radius 3 is 2.54 bits per heavy atom. The molecule has 0 aliphatic carbocycles. The van der Waals surface area contributed by atoms with E-state index in [2.05, 4.69) is 11.6 Å². The molecule has 0 spiro atoms. The highest BCUT2D eigenvalue weighted by molar-refractivity contribution is 5.20. The maximum Gasteiger partial charge on any atom is 0.131 e. The average molecular weight is 178 g/mol. The number of pyridine rings is 1. The van der Waals surface area contributed by atoms with Gasteiger partial charge in [-0.05, 0) is 24.6 Å². The van der Waals surface area contributed by atoms with Crippen LogP contribution in [-0.4, -0.2) is 11.6 Å². The fraction of sp³-hybridized carbons (Fsp3) is 0.364. The molecule has 0 saturated carbocycles. The van der Waals surface area contributed by atoms with Crippen molar-refractivity contribution in [2.24, 2.45) is 4.99 Å². The lowest BCUT2D eigenvalue weighted by atomic mass is 10.3. The van der Waals surface area contributed by atoms with Crippen molar-refractivity contribution in [3.63, 3.8) is 0 Å². The van der Waals surface area contributed by atoms with Gasteiger partial charge in [0.25, 0.3) is 0 Å². The van der Waals surface area contributed by atoms with Crippen LogP contribution in [0.3, 0.4) is 0 Å². The summed E-state index contributed by atoms with van der Waals surface area (Å²) in [5.74, 6) is 0. The van der Waals surface area contributed by atoms with Crippen LogP contribution in [0.4, 0.5) is 0 Å². The Bertz CT molecular complexity index is 321. The molecule has 0 atom stereocenters. The van der Waals surface area contributed by atoms with Crippen molar-refractivity contribution in [2.45, 2.75) is 20.8 Å². The van der Waals surface area contributed by atoms with Crippen molar-refractivity contribution in [1.29, 1.82) is 0 Å². The summed E-state index contributed by atoms with van der Waals surface area (Å²) in [7, 11) is 1.77. The van der Waals surface area contributed by atoms with E-state index in [-0.39, 0.29) is 0 Å². The van der Waals surface area contributed by atoms with Gasteiger partial charge in [0.15, 0.2) is 0 Å². The molecular weight excluding hydrogens is 160 g/mol. The summed E-state index contributed by atoms with van der Waals surface area (Å²) in [5, 5.41) is 0. The van der Waals surface area contributed by atoms with Gasteiger partial charge in [-0.2, -0.15) is 0 Å². The van der Waals surface area contributed by atoms with Crippen molar-refractivity contribution in [3.05, 3.63) is 36.0 Å². The van der Waals surface area contributed by atoms with Gasteiger partial charge in [-0.25, -0.2) is 0 Å². The monoisotopic (exact) mass is 178 g/mol. The second-order valence-electron chi connectivity index (χ2n) is 2.38. The van der Waals surface area contributed by atoms with E-state index >= 15 is 0 Å². The molecule has 0 saturated heterocycles. The van der Waals surface area contributed by atoms with E-state index in [9.17, 15) is 0 Å². The van der Waals surface area contributed by atoms with Gasteiger partial charge in [0.05, 0.1) is 0 Å². The normalized spacial score (nSPS) is 10.3. The Hall–Kier alpha value is -1.31. The smallest absolute Gasteiger partial charge is 0.131 e. The topological polar surface area (TPSA) is 17.3 Å². The molecule has 1 aromatic heterocycles. The Morgan fingerprint density at radius 1 is 1.46 bits per heavy atom. The zero-order valence-corrected chi connectivity index (χ0v) is 8.91. The van der Waals surface area contributed by atoms with Crippen LogP contribution in [0.15, 0.2) is 29.9 Å². The summed E-state index contributed by atoms with van der Waals surface area (Å²) in [6, 6.07) is 4.04. The van der Waals surface area contributed by atoms with Crippen LogP contribution < -0.4 is 5.49 Å². The first-order valence-electron chi connectivity index (χ1n) is 4.52. The SMILES string of the molecule is C=Cn1ccc(C)cc1=NC.CC. The van der Waals surface area contributed by atoms with Crippen LogP contribution in [0.5, 0.6) is 0 Å². The second kappa shape index (κ2) is 6.23. The van der Waals surface area contributed by atoms with Crippen LogP contribution in [0.2, 0.25) is 0 Å². The molecule has 13 heavy (non-hydrogen) atoms. The first-order chi connectivity index (χ1) is 6.27. The van der Waals surface area contributed by atoms with E-state index in [1.54, 1.807) is 13.2 Å². The molecular formula is C11H18N2. The van der Waals surface area contributed by atoms with Gasteiger partial charge in [0.2, 0.25) is 0 Å². The molecule has 0 bridgehead atoms. The van der Waals surface area contributed by atoms with Crippen LogP contribution in [0, 0.1) is 6.92 Å². The molecule has 1 heterocycles. The minimum atomic E-state index is 0.931. The lowest BCUT2D eigenvalue weighted by Crippen LogP contribution is -2.15. The number of nitrogens with zero attached hydrogens (tertiary/aromatic N) is 2. The van der Waals surface area contributed by atoms with Crippen molar-refractivity contribution >= 4 is 6.20 Å². The van der Waals surface area contributed by atoms with Crippen LogP contribution in [0.25, 0.3) is 6.20 Å². The molecule has 1 aromatic rings. The Balaban J connectivity index is 0.000000671. The number of aryl methyl sites for hydroxylation is 1. The Labute approximate surface area is 80.3 Å². The van der Waals surface area contributed by atoms with Crippen molar-refractivity contribution in [2.75, 3.05) is 7.05 Å². The molecule has 2 heteroatoms. The summed E-state index contributed by atoms with van der Waals surface area (Å²) in [5.41, 5.74) is 2.14. The van der Waals surface area contributed by atoms with Crippen molar-refractivity contribution in [3.8, 4) is 0 Å². The standard InChI is InChI=1S/C9H12N2.C2H6/c1-4-11-6-5-8(2)7-9(11)10-3;1-2/h4-7H,1H2,2-3H3;1-2H3. The minimum absolute atomic E-state index is 0.931. The van der Waals surface area contributed by atoms with Crippen LogP contribution >= 0.6 is 0 Å². The highest BCUT2D eigenvalue weighted by Gasteiger charge is 1.86. The molecule has 1 rings (SSSR count). The Kier molecular flexibility index (Phi) is 5.60. The molecule has 0 aliphatic rings. The zero-order valence-electron chi connectivity index (χ0n) is 8.91. The van der Waals surface area contributed by atoms with Crippen molar-refractivity contribution < 1.29 is 0 Å². The Morgan fingerprint density at radius 2 is 2.08 bits per heavy atom. The molecule has 0 unspecified atom stereocenters. The maximum absolute atomic E-state index is 4.09. The molecule has 0 amide bonds. The fourth-order valence-corrected chi connectivity index (χ4v) is 0.935. The molecule has 0 aliphatic heterocycles. The van der Waals surface area contributed by atoms with E-state index in [1.807, 2.05) is 43.7 Å². The quantitative estimate of drug-likeness (QED) is 0.628. The molecule has 0 N–H and O–H groups in total. The summed E-state index contributed by atoms with van der Waals surface area (Å²) in [6.45, 7) is 9.72. The van der Waals surface area contributed by atoms with Gasteiger partial charge >= 0.3 is 0 Å². The summed E-state index contributed by atoms with van der Waals surface area (Å²) < 4.78 is 1.88. The van der Waals surface area contributed by atoms with Gasteiger partial charge in [-0.15, -0.1) is 0 Å². The zero-order chi connectivity index (χ0) is 10.3. The van der Waals surface area contributed by atoms with Gasteiger partial charge in [0, 0.05) is 19.4 Å². The second-order valence-corrected chi connectivity index (χ2v) is 2.38. The number of aromatic nitrogens is 1. The van der Waals surface area contributed by atoms with E-state index in [4.69, 9.17) is 0 Å². The summed E-state index contributed by atoms with van der Waals surface area (Å²) >= 11 is 0. The third-order valence-corrected chi connectivity index (χ3v) is 1.55. The molecule has 0 fully saturated rings. The lowest BCUT2D eigenvalue weighted by molar-refractivity contribution is 0.983. The highest BCUT2D eigenvalue weighted by atomic mass is 15.0. The van der Waals surface area contributed by atoms with E-state index in [1.165, 1.54) is 5.56 Å². The first kappa shape index (κ1) is 11.7. The van der Waals surface area contributed by atoms with E-state index in [0.717, 1.165) is 5.49 Å². The predicted octanol–water partition coefficient (Wildman–Crippen LogP) is 2.45. The summed E-state index contributed by atoms with van der Waals surface area (Å²) in [6.07, 6.45) is 3.69. The van der Waals surface area contributed by atoms with E-state index < -0.39 is 0 Å².